The molecule has 2 N–H and O–H groups in total. The molecule has 1 aromatic heterocycles. The average molecular weight is 275 g/mol. The highest BCUT2D eigenvalue weighted by Crippen LogP contribution is 2.30. The van der Waals surface area contributed by atoms with Gasteiger partial charge in [0.05, 0.1) is 5.59 Å². The summed E-state index contributed by atoms with van der Waals surface area (Å²) in [6.45, 7) is 0. The predicted molar refractivity (Wildman–Crippen MR) is 84.9 cm³/mol. The number of hydrogen-bond donors (Lipinski definition) is 2. The molecule has 0 saturated carbocycles. The van der Waals surface area contributed by atoms with Crippen molar-refractivity contribution in [2.24, 2.45) is 0 Å². The van der Waals surface area contributed by atoms with Crippen molar-refractivity contribution in [2.75, 3.05) is 0 Å². The van der Waals surface area contributed by atoms with E-state index in [1.807, 2.05) is 66.7 Å². The van der Waals surface area contributed by atoms with Crippen LogP contribution in [-0.2, 0) is 0 Å². The fraction of sp³-hybridized carbons (Fsp3) is 0. The van der Waals surface area contributed by atoms with E-state index in [1.54, 1.807) is 6.20 Å². The lowest BCUT2D eigenvalue weighted by Crippen LogP contribution is -2.34. The molecule has 3 nitrogen and oxygen atoms in total. The molecule has 21 heavy (non-hydrogen) atoms. The second-order valence-electron chi connectivity index (χ2n) is 4.72. The van der Waals surface area contributed by atoms with E-state index in [0.29, 0.717) is 0 Å². The van der Waals surface area contributed by atoms with Crippen LogP contribution in [0.3, 0.4) is 0 Å². The maximum atomic E-state index is 9.63. The van der Waals surface area contributed by atoms with Crippen molar-refractivity contribution in [2.45, 2.75) is 0 Å². The molecular formula is C17H14BNO2. The van der Waals surface area contributed by atoms with Crippen molar-refractivity contribution in [3.8, 4) is 22.3 Å². The molecule has 0 bridgehead atoms. The van der Waals surface area contributed by atoms with Crippen molar-refractivity contribution in [3.05, 3.63) is 72.9 Å². The van der Waals surface area contributed by atoms with E-state index < -0.39 is 7.12 Å². The number of nitrogens with zero attached hydrogens (tertiary/aromatic N) is 1. The van der Waals surface area contributed by atoms with E-state index >= 15 is 0 Å². The molecule has 0 aliphatic rings. The molecule has 1 heterocycles. The average Bonchev–Trinajstić information content (AvgIpc) is 2.55. The second-order valence-corrected chi connectivity index (χ2v) is 4.72. The number of hydrogen-bond acceptors (Lipinski definition) is 3. The monoisotopic (exact) mass is 275 g/mol. The molecular weight excluding hydrogens is 261 g/mol. The summed E-state index contributed by atoms with van der Waals surface area (Å²) in [5.41, 5.74) is 3.87. The summed E-state index contributed by atoms with van der Waals surface area (Å²) >= 11 is 0. The molecule has 3 aromatic rings. The number of pyridine rings is 1. The van der Waals surface area contributed by atoms with E-state index in [4.69, 9.17) is 0 Å². The maximum absolute atomic E-state index is 9.63. The summed E-state index contributed by atoms with van der Waals surface area (Å²) in [4.78, 5) is 4.14. The van der Waals surface area contributed by atoms with Crippen molar-refractivity contribution >= 4 is 12.7 Å². The van der Waals surface area contributed by atoms with Crippen molar-refractivity contribution in [3.63, 3.8) is 0 Å². The van der Waals surface area contributed by atoms with Gasteiger partial charge in [-0.3, -0.25) is 4.98 Å². The molecule has 0 radical (unpaired) electrons. The van der Waals surface area contributed by atoms with Crippen LogP contribution >= 0.6 is 0 Å². The van der Waals surface area contributed by atoms with Gasteiger partial charge in [0.25, 0.3) is 0 Å². The number of rotatable bonds is 3. The fourth-order valence-electron chi connectivity index (χ4n) is 2.44. The minimum absolute atomic E-state index is 0.266. The molecule has 4 heteroatoms. The van der Waals surface area contributed by atoms with Crippen LogP contribution in [0.4, 0.5) is 0 Å². The van der Waals surface area contributed by atoms with Gasteiger partial charge in [0.1, 0.15) is 0 Å². The smallest absolute Gasteiger partial charge is 0.422 e. The first-order chi connectivity index (χ1) is 10.3. The molecule has 0 amide bonds. The second kappa shape index (κ2) is 5.91. The molecule has 0 saturated heterocycles. The maximum Gasteiger partial charge on any atom is 0.508 e. The Morgan fingerprint density at radius 3 is 1.86 bits per heavy atom. The first-order valence-corrected chi connectivity index (χ1v) is 6.73. The van der Waals surface area contributed by atoms with E-state index in [9.17, 15) is 10.0 Å². The van der Waals surface area contributed by atoms with Crippen molar-refractivity contribution in [1.29, 1.82) is 0 Å². The topological polar surface area (TPSA) is 53.4 Å². The summed E-state index contributed by atoms with van der Waals surface area (Å²) in [7, 11) is -1.61. The number of aromatic nitrogens is 1. The van der Waals surface area contributed by atoms with Crippen LogP contribution in [0.15, 0.2) is 72.9 Å². The zero-order chi connectivity index (χ0) is 14.7. The van der Waals surface area contributed by atoms with Crippen LogP contribution < -0.4 is 5.59 Å². The highest BCUT2D eigenvalue weighted by atomic mass is 16.4. The Hall–Kier alpha value is -2.43. The highest BCUT2D eigenvalue weighted by molar-refractivity contribution is 6.59. The molecule has 0 unspecified atom stereocenters. The zero-order valence-corrected chi connectivity index (χ0v) is 11.3. The van der Waals surface area contributed by atoms with Crippen molar-refractivity contribution in [1.82, 2.24) is 4.98 Å². The van der Waals surface area contributed by atoms with Gasteiger partial charge in [-0.25, -0.2) is 0 Å². The Kier molecular flexibility index (Phi) is 3.82. The molecule has 102 valence electrons. The van der Waals surface area contributed by atoms with Gasteiger partial charge in [-0.1, -0.05) is 60.7 Å². The third kappa shape index (κ3) is 2.72. The van der Waals surface area contributed by atoms with Gasteiger partial charge >= 0.3 is 7.12 Å². The molecule has 3 rings (SSSR count). The Bertz CT molecular complexity index is 730. The van der Waals surface area contributed by atoms with Gasteiger partial charge in [0.2, 0.25) is 0 Å². The molecule has 0 aliphatic carbocycles. The Morgan fingerprint density at radius 1 is 0.714 bits per heavy atom. The largest absolute Gasteiger partial charge is 0.508 e. The first-order valence-electron chi connectivity index (χ1n) is 6.73. The van der Waals surface area contributed by atoms with Crippen LogP contribution in [0.25, 0.3) is 22.3 Å². The van der Waals surface area contributed by atoms with Gasteiger partial charge in [0.15, 0.2) is 0 Å². The van der Waals surface area contributed by atoms with Crippen molar-refractivity contribution < 1.29 is 10.0 Å². The van der Waals surface area contributed by atoms with E-state index in [2.05, 4.69) is 4.98 Å². The van der Waals surface area contributed by atoms with Gasteiger partial charge in [-0.05, 0) is 22.8 Å². The lowest BCUT2D eigenvalue weighted by molar-refractivity contribution is 0.424. The van der Waals surface area contributed by atoms with Crippen LogP contribution in [0, 0.1) is 0 Å². The van der Waals surface area contributed by atoms with E-state index in [-0.39, 0.29) is 5.59 Å². The lowest BCUT2D eigenvalue weighted by Gasteiger charge is -2.14. The predicted octanol–water partition coefficient (Wildman–Crippen LogP) is 2.10. The molecule has 0 fully saturated rings. The minimum Gasteiger partial charge on any atom is -0.422 e. The Labute approximate surface area is 123 Å². The summed E-state index contributed by atoms with van der Waals surface area (Å²) in [5.74, 6) is 0. The molecule has 0 aliphatic heterocycles. The van der Waals surface area contributed by atoms with Crippen LogP contribution in [-0.4, -0.2) is 22.2 Å². The van der Waals surface area contributed by atoms with Gasteiger partial charge in [-0.15, -0.1) is 0 Å². The van der Waals surface area contributed by atoms with E-state index in [1.165, 1.54) is 0 Å². The third-order valence-corrected chi connectivity index (χ3v) is 3.37. The normalized spacial score (nSPS) is 10.4. The summed E-state index contributed by atoms with van der Waals surface area (Å²) < 4.78 is 0. The Morgan fingerprint density at radius 2 is 1.29 bits per heavy atom. The van der Waals surface area contributed by atoms with Crippen LogP contribution in [0.1, 0.15) is 0 Å². The third-order valence-electron chi connectivity index (χ3n) is 3.37. The summed E-state index contributed by atoms with van der Waals surface area (Å²) in [6, 6.07) is 21.4. The minimum atomic E-state index is -1.61. The SMILES string of the molecule is OB(O)c1nccc(-c2ccccc2)c1-c1ccccc1. The summed E-state index contributed by atoms with van der Waals surface area (Å²) in [6.07, 6.45) is 1.60. The van der Waals surface area contributed by atoms with E-state index in [0.717, 1.165) is 22.3 Å². The lowest BCUT2D eigenvalue weighted by atomic mass is 9.77. The summed E-state index contributed by atoms with van der Waals surface area (Å²) in [5, 5.41) is 19.3. The molecule has 0 atom stereocenters. The first kappa shape index (κ1) is 13.6. The fourth-order valence-corrected chi connectivity index (χ4v) is 2.44. The zero-order valence-electron chi connectivity index (χ0n) is 11.3. The van der Waals surface area contributed by atoms with Crippen LogP contribution in [0.2, 0.25) is 0 Å². The number of benzene rings is 2. The highest BCUT2D eigenvalue weighted by Gasteiger charge is 2.22. The quantitative estimate of drug-likeness (QED) is 0.720. The van der Waals surface area contributed by atoms with Gasteiger partial charge in [0, 0.05) is 11.8 Å². The van der Waals surface area contributed by atoms with Gasteiger partial charge < -0.3 is 10.0 Å². The standard InChI is InChI=1S/C17H14BNO2/c20-18(21)17-16(14-9-5-2-6-10-14)15(11-12-19-17)13-7-3-1-4-8-13/h1-12,20-21H. The Balaban J connectivity index is 2.28. The van der Waals surface area contributed by atoms with Crippen LogP contribution in [0.5, 0.6) is 0 Å². The van der Waals surface area contributed by atoms with Gasteiger partial charge in [-0.2, -0.15) is 0 Å². The molecule has 2 aromatic carbocycles. The molecule has 0 spiro atoms.